The predicted molar refractivity (Wildman–Crippen MR) is 84.5 cm³/mol. The zero-order valence-electron chi connectivity index (χ0n) is 12.7. The smallest absolute Gasteiger partial charge is 0.352 e. The molecule has 0 radical (unpaired) electrons. The molecule has 0 saturated carbocycles. The molecule has 0 aliphatic heterocycles. The third kappa shape index (κ3) is 4.02. The minimum Gasteiger partial charge on any atom is -0.477 e. The van der Waals surface area contributed by atoms with Gasteiger partial charge in [-0.3, -0.25) is 0 Å². The molecule has 1 unspecified atom stereocenters. The second-order valence-electron chi connectivity index (χ2n) is 4.89. The summed E-state index contributed by atoms with van der Waals surface area (Å²) in [5.74, 6) is -0.443. The number of carboxylic acid groups (broad SMARTS) is 1. The van der Waals surface area contributed by atoms with Crippen molar-refractivity contribution >= 4 is 27.8 Å². The van der Waals surface area contributed by atoms with Gasteiger partial charge in [-0.05, 0) is 25.7 Å². The minimum atomic E-state index is -3.68. The number of aryl methyl sites for hydroxylation is 1. The van der Waals surface area contributed by atoms with Crippen LogP contribution >= 0.6 is 11.8 Å². The van der Waals surface area contributed by atoms with Crippen LogP contribution in [0.25, 0.3) is 0 Å². The highest BCUT2D eigenvalue weighted by molar-refractivity contribution is 7.98. The second-order valence-corrected chi connectivity index (χ2v) is 7.79. The predicted octanol–water partition coefficient (Wildman–Crippen LogP) is 1.97. The summed E-state index contributed by atoms with van der Waals surface area (Å²) in [5, 5.41) is 9.17. The molecular weight excluding hydrogens is 312 g/mol. The number of carbonyl (C=O) groups is 1. The second kappa shape index (κ2) is 7.33. The zero-order valence-corrected chi connectivity index (χ0v) is 14.4. The van der Waals surface area contributed by atoms with Crippen LogP contribution in [0.2, 0.25) is 0 Å². The van der Waals surface area contributed by atoms with Gasteiger partial charge in [-0.2, -0.15) is 16.1 Å². The lowest BCUT2D eigenvalue weighted by Crippen LogP contribution is -2.36. The van der Waals surface area contributed by atoms with E-state index in [9.17, 15) is 18.3 Å². The van der Waals surface area contributed by atoms with Crippen molar-refractivity contribution in [1.29, 1.82) is 0 Å². The van der Waals surface area contributed by atoms with Crippen LogP contribution in [0.4, 0.5) is 0 Å². The van der Waals surface area contributed by atoms with E-state index in [1.807, 2.05) is 20.1 Å². The van der Waals surface area contributed by atoms with Crippen LogP contribution in [-0.4, -0.2) is 53.5 Å². The Morgan fingerprint density at radius 1 is 1.52 bits per heavy atom. The molecule has 21 heavy (non-hydrogen) atoms. The van der Waals surface area contributed by atoms with Gasteiger partial charge in [-0.15, -0.1) is 0 Å². The first-order valence-corrected chi connectivity index (χ1v) is 9.49. The fraction of sp³-hybridized carbons (Fsp3) is 0.615. The summed E-state index contributed by atoms with van der Waals surface area (Å²) in [6.45, 7) is 4.21. The van der Waals surface area contributed by atoms with Gasteiger partial charge < -0.3 is 9.67 Å². The number of carboxylic acids is 1. The molecule has 0 aromatic carbocycles. The van der Waals surface area contributed by atoms with Crippen LogP contribution in [0.15, 0.2) is 17.2 Å². The fourth-order valence-corrected chi connectivity index (χ4v) is 4.18. The zero-order chi connectivity index (χ0) is 16.2. The fourth-order valence-electron chi connectivity index (χ4n) is 1.98. The first-order valence-electron chi connectivity index (χ1n) is 6.66. The largest absolute Gasteiger partial charge is 0.477 e. The van der Waals surface area contributed by atoms with Gasteiger partial charge in [-0.1, -0.05) is 6.92 Å². The van der Waals surface area contributed by atoms with Crippen LogP contribution in [0.5, 0.6) is 0 Å². The molecule has 0 spiro atoms. The maximum atomic E-state index is 12.6. The molecule has 1 N–H and O–H groups in total. The van der Waals surface area contributed by atoms with E-state index < -0.39 is 16.0 Å². The number of aromatic carboxylic acids is 1. The molecule has 1 atom stereocenters. The van der Waals surface area contributed by atoms with E-state index in [1.165, 1.54) is 28.2 Å². The van der Waals surface area contributed by atoms with Crippen LogP contribution in [-0.2, 0) is 16.6 Å². The van der Waals surface area contributed by atoms with Crippen molar-refractivity contribution in [1.82, 2.24) is 8.87 Å². The van der Waals surface area contributed by atoms with E-state index in [1.54, 1.807) is 11.8 Å². The molecule has 0 aliphatic carbocycles. The summed E-state index contributed by atoms with van der Waals surface area (Å²) in [7, 11) is -2.16. The highest BCUT2D eigenvalue weighted by Gasteiger charge is 2.28. The molecule has 1 rings (SSSR count). The van der Waals surface area contributed by atoms with Gasteiger partial charge in [0.15, 0.2) is 0 Å². The summed E-state index contributed by atoms with van der Waals surface area (Å²) < 4.78 is 27.9. The number of thioether (sulfide) groups is 1. The molecule has 6 nitrogen and oxygen atoms in total. The number of aromatic nitrogens is 1. The van der Waals surface area contributed by atoms with Gasteiger partial charge in [0, 0.05) is 31.6 Å². The summed E-state index contributed by atoms with van der Waals surface area (Å²) in [6.07, 6.45) is 4.05. The Morgan fingerprint density at radius 3 is 2.62 bits per heavy atom. The van der Waals surface area contributed by atoms with E-state index in [0.717, 1.165) is 6.42 Å². The van der Waals surface area contributed by atoms with Crippen molar-refractivity contribution in [2.75, 3.05) is 19.1 Å². The lowest BCUT2D eigenvalue weighted by molar-refractivity contribution is 0.0685. The topological polar surface area (TPSA) is 79.6 Å². The van der Waals surface area contributed by atoms with E-state index in [-0.39, 0.29) is 16.6 Å². The van der Waals surface area contributed by atoms with Crippen LogP contribution in [0, 0.1) is 0 Å². The Labute approximate surface area is 130 Å². The number of sulfonamides is 1. The molecule has 0 aliphatic rings. The number of rotatable bonds is 8. The Balaban J connectivity index is 3.19. The normalized spacial score (nSPS) is 13.6. The molecule has 0 saturated heterocycles. The van der Waals surface area contributed by atoms with Crippen molar-refractivity contribution in [3.05, 3.63) is 18.0 Å². The van der Waals surface area contributed by atoms with Crippen LogP contribution in [0.3, 0.4) is 0 Å². The SMILES string of the molecule is CCCn1cc(S(=O)(=O)N(C)C(C)CSC)cc1C(=O)O. The first kappa shape index (κ1) is 18.1. The van der Waals surface area contributed by atoms with Crippen molar-refractivity contribution in [2.45, 2.75) is 37.8 Å². The number of hydrogen-bond acceptors (Lipinski definition) is 4. The number of nitrogens with zero attached hydrogens (tertiary/aromatic N) is 2. The standard InChI is InChI=1S/C13H22N2O4S2/c1-5-6-15-8-11(7-12(15)13(16)17)21(18,19)14(3)10(2)9-20-4/h7-8,10H,5-6,9H2,1-4H3,(H,16,17). The summed E-state index contributed by atoms with van der Waals surface area (Å²) in [4.78, 5) is 11.2. The Bertz CT molecular complexity index is 595. The molecule has 1 heterocycles. The lowest BCUT2D eigenvalue weighted by atomic mass is 10.4. The summed E-state index contributed by atoms with van der Waals surface area (Å²) in [6, 6.07) is 1.07. The average Bonchev–Trinajstić information content (AvgIpc) is 2.83. The molecule has 0 fully saturated rings. The molecule has 0 bridgehead atoms. The molecule has 1 aromatic rings. The van der Waals surface area contributed by atoms with Gasteiger partial charge in [0.2, 0.25) is 10.0 Å². The molecular formula is C13H22N2O4S2. The van der Waals surface area contributed by atoms with Crippen molar-refractivity contribution in [2.24, 2.45) is 0 Å². The highest BCUT2D eigenvalue weighted by Crippen LogP contribution is 2.21. The Morgan fingerprint density at radius 2 is 2.14 bits per heavy atom. The maximum Gasteiger partial charge on any atom is 0.352 e. The quantitative estimate of drug-likeness (QED) is 0.786. The monoisotopic (exact) mass is 334 g/mol. The highest BCUT2D eigenvalue weighted by atomic mass is 32.2. The molecule has 8 heteroatoms. The molecule has 0 amide bonds. The number of hydrogen-bond donors (Lipinski definition) is 1. The van der Waals surface area contributed by atoms with Gasteiger partial charge in [0.25, 0.3) is 0 Å². The Kier molecular flexibility index (Phi) is 6.30. The van der Waals surface area contributed by atoms with Gasteiger partial charge in [0.05, 0.1) is 0 Å². The average molecular weight is 334 g/mol. The van der Waals surface area contributed by atoms with Gasteiger partial charge >= 0.3 is 5.97 Å². The summed E-state index contributed by atoms with van der Waals surface area (Å²) in [5.41, 5.74) is 0.00124. The maximum absolute atomic E-state index is 12.6. The van der Waals surface area contributed by atoms with Crippen molar-refractivity contribution < 1.29 is 18.3 Å². The van der Waals surface area contributed by atoms with E-state index >= 15 is 0 Å². The van der Waals surface area contributed by atoms with E-state index in [4.69, 9.17) is 0 Å². The van der Waals surface area contributed by atoms with E-state index in [2.05, 4.69) is 0 Å². The lowest BCUT2D eigenvalue weighted by Gasteiger charge is -2.23. The molecule has 1 aromatic heterocycles. The van der Waals surface area contributed by atoms with Crippen LogP contribution in [0.1, 0.15) is 30.8 Å². The first-order chi connectivity index (χ1) is 9.75. The van der Waals surface area contributed by atoms with E-state index in [0.29, 0.717) is 12.3 Å². The van der Waals surface area contributed by atoms with Gasteiger partial charge in [0.1, 0.15) is 10.6 Å². The van der Waals surface area contributed by atoms with Gasteiger partial charge in [-0.25, -0.2) is 13.2 Å². The minimum absolute atomic E-state index is 0.00124. The van der Waals surface area contributed by atoms with Crippen molar-refractivity contribution in [3.8, 4) is 0 Å². The summed E-state index contributed by atoms with van der Waals surface area (Å²) >= 11 is 1.57. The molecule has 120 valence electrons. The third-order valence-corrected chi connectivity index (χ3v) is 6.01. The van der Waals surface area contributed by atoms with Crippen molar-refractivity contribution in [3.63, 3.8) is 0 Å². The third-order valence-electron chi connectivity index (χ3n) is 3.26. The van der Waals surface area contributed by atoms with Crippen LogP contribution < -0.4 is 0 Å². The Hall–Kier alpha value is -0.990.